The fraction of sp³-hybridized carbons (Fsp3) is 0.929. The van der Waals surface area contributed by atoms with E-state index in [4.69, 9.17) is 4.74 Å². The molecule has 1 amide bonds. The van der Waals surface area contributed by atoms with Gasteiger partial charge in [0, 0.05) is 12.6 Å². The first-order chi connectivity index (χ1) is 8.75. The highest BCUT2D eigenvalue weighted by Gasteiger charge is 2.23. The van der Waals surface area contributed by atoms with Gasteiger partial charge in [-0.2, -0.15) is 0 Å². The summed E-state index contributed by atoms with van der Waals surface area (Å²) < 4.78 is 5.91. The van der Waals surface area contributed by atoms with E-state index in [1.807, 2.05) is 6.92 Å². The van der Waals surface area contributed by atoms with E-state index in [0.717, 1.165) is 32.4 Å². The Balaban J connectivity index is 1.71. The molecule has 0 aromatic heterocycles. The third-order valence-electron chi connectivity index (χ3n) is 3.97. The van der Waals surface area contributed by atoms with Crippen LogP contribution in [0.5, 0.6) is 0 Å². The summed E-state index contributed by atoms with van der Waals surface area (Å²) in [5.41, 5.74) is 0. The SMILES string of the molecule is CC(OC1CCCCCC1)C(=O)NC1CCNC1. The van der Waals surface area contributed by atoms with Crippen molar-refractivity contribution in [3.8, 4) is 0 Å². The van der Waals surface area contributed by atoms with E-state index in [2.05, 4.69) is 10.6 Å². The van der Waals surface area contributed by atoms with Gasteiger partial charge in [-0.05, 0) is 32.7 Å². The van der Waals surface area contributed by atoms with Crippen LogP contribution in [0.25, 0.3) is 0 Å². The molecule has 0 bridgehead atoms. The van der Waals surface area contributed by atoms with Crippen molar-refractivity contribution in [3.05, 3.63) is 0 Å². The van der Waals surface area contributed by atoms with E-state index in [1.54, 1.807) is 0 Å². The van der Waals surface area contributed by atoms with Crippen LogP contribution in [-0.2, 0) is 9.53 Å². The lowest BCUT2D eigenvalue weighted by molar-refractivity contribution is -0.136. The van der Waals surface area contributed by atoms with Crippen molar-refractivity contribution in [2.45, 2.75) is 70.1 Å². The quantitative estimate of drug-likeness (QED) is 0.749. The van der Waals surface area contributed by atoms with Crippen molar-refractivity contribution >= 4 is 5.91 Å². The van der Waals surface area contributed by atoms with Crippen LogP contribution in [-0.4, -0.2) is 37.2 Å². The van der Waals surface area contributed by atoms with Gasteiger partial charge in [-0.15, -0.1) is 0 Å². The lowest BCUT2D eigenvalue weighted by Crippen LogP contribution is -2.43. The zero-order valence-corrected chi connectivity index (χ0v) is 11.4. The van der Waals surface area contributed by atoms with Gasteiger partial charge in [0.15, 0.2) is 0 Å². The van der Waals surface area contributed by atoms with Gasteiger partial charge in [0.1, 0.15) is 6.10 Å². The summed E-state index contributed by atoms with van der Waals surface area (Å²) >= 11 is 0. The topological polar surface area (TPSA) is 50.4 Å². The normalized spacial score (nSPS) is 27.7. The Hall–Kier alpha value is -0.610. The molecule has 0 aromatic rings. The first-order valence-electron chi connectivity index (χ1n) is 7.42. The second kappa shape index (κ2) is 7.10. The Bertz CT molecular complexity index is 257. The number of carbonyl (C=O) groups is 1. The zero-order chi connectivity index (χ0) is 12.8. The first kappa shape index (κ1) is 13.8. The van der Waals surface area contributed by atoms with Crippen LogP contribution in [0.15, 0.2) is 0 Å². The smallest absolute Gasteiger partial charge is 0.249 e. The fourth-order valence-corrected chi connectivity index (χ4v) is 2.82. The van der Waals surface area contributed by atoms with E-state index in [1.165, 1.54) is 25.7 Å². The highest BCUT2D eigenvalue weighted by atomic mass is 16.5. The maximum Gasteiger partial charge on any atom is 0.249 e. The number of amides is 1. The average Bonchev–Trinajstić information content (AvgIpc) is 2.72. The van der Waals surface area contributed by atoms with Crippen LogP contribution in [0.3, 0.4) is 0 Å². The number of rotatable bonds is 4. The highest BCUT2D eigenvalue weighted by Crippen LogP contribution is 2.21. The maximum atomic E-state index is 12.0. The van der Waals surface area contributed by atoms with Crippen molar-refractivity contribution in [3.63, 3.8) is 0 Å². The molecule has 2 unspecified atom stereocenters. The zero-order valence-electron chi connectivity index (χ0n) is 11.4. The van der Waals surface area contributed by atoms with Crippen LogP contribution in [0.4, 0.5) is 0 Å². The lowest BCUT2D eigenvalue weighted by atomic mass is 10.1. The monoisotopic (exact) mass is 254 g/mol. The molecule has 0 radical (unpaired) electrons. The minimum absolute atomic E-state index is 0.0490. The molecule has 2 fully saturated rings. The van der Waals surface area contributed by atoms with Crippen LogP contribution >= 0.6 is 0 Å². The molecule has 2 aliphatic rings. The molecule has 104 valence electrons. The van der Waals surface area contributed by atoms with Gasteiger partial charge in [0.25, 0.3) is 0 Å². The molecule has 2 rings (SSSR count). The Morgan fingerprint density at radius 2 is 1.94 bits per heavy atom. The van der Waals surface area contributed by atoms with E-state index >= 15 is 0 Å². The summed E-state index contributed by atoms with van der Waals surface area (Å²) in [6, 6.07) is 0.290. The van der Waals surface area contributed by atoms with Crippen molar-refractivity contribution in [1.82, 2.24) is 10.6 Å². The molecule has 1 saturated heterocycles. The van der Waals surface area contributed by atoms with Crippen molar-refractivity contribution in [2.75, 3.05) is 13.1 Å². The van der Waals surface area contributed by atoms with Gasteiger partial charge in [-0.25, -0.2) is 0 Å². The summed E-state index contributed by atoms with van der Waals surface area (Å²) in [4.78, 5) is 12.0. The minimum atomic E-state index is -0.311. The summed E-state index contributed by atoms with van der Waals surface area (Å²) in [6.45, 7) is 3.77. The molecule has 18 heavy (non-hydrogen) atoms. The van der Waals surface area contributed by atoms with Crippen molar-refractivity contribution < 1.29 is 9.53 Å². The van der Waals surface area contributed by atoms with Gasteiger partial charge in [-0.3, -0.25) is 4.79 Å². The van der Waals surface area contributed by atoms with E-state index in [0.29, 0.717) is 0 Å². The van der Waals surface area contributed by atoms with Crippen molar-refractivity contribution in [2.24, 2.45) is 0 Å². The predicted octanol–water partition coefficient (Wildman–Crippen LogP) is 1.59. The van der Waals surface area contributed by atoms with Gasteiger partial charge in [0.05, 0.1) is 6.10 Å². The van der Waals surface area contributed by atoms with Crippen LogP contribution < -0.4 is 10.6 Å². The Kier molecular flexibility index (Phi) is 5.45. The average molecular weight is 254 g/mol. The number of hydrogen-bond donors (Lipinski definition) is 2. The van der Waals surface area contributed by atoms with E-state index in [9.17, 15) is 4.79 Å². The largest absolute Gasteiger partial charge is 0.365 e. The Morgan fingerprint density at radius 3 is 2.56 bits per heavy atom. The van der Waals surface area contributed by atoms with Crippen molar-refractivity contribution in [1.29, 1.82) is 0 Å². The Morgan fingerprint density at radius 1 is 1.22 bits per heavy atom. The van der Waals surface area contributed by atoms with Gasteiger partial charge in [-0.1, -0.05) is 25.7 Å². The minimum Gasteiger partial charge on any atom is -0.365 e. The van der Waals surface area contributed by atoms with Gasteiger partial charge in [0.2, 0.25) is 5.91 Å². The van der Waals surface area contributed by atoms with Gasteiger partial charge < -0.3 is 15.4 Å². The summed E-state index contributed by atoms with van der Waals surface area (Å²) in [6.07, 6.45) is 8.34. The second-order valence-corrected chi connectivity index (χ2v) is 5.59. The van der Waals surface area contributed by atoms with Crippen LogP contribution in [0.1, 0.15) is 51.9 Å². The van der Waals surface area contributed by atoms with Crippen LogP contribution in [0.2, 0.25) is 0 Å². The summed E-state index contributed by atoms with van der Waals surface area (Å²) in [7, 11) is 0. The molecule has 0 aromatic carbocycles. The van der Waals surface area contributed by atoms with Gasteiger partial charge >= 0.3 is 0 Å². The first-order valence-corrected chi connectivity index (χ1v) is 7.42. The molecule has 4 heteroatoms. The van der Waals surface area contributed by atoms with Crippen LogP contribution in [0, 0.1) is 0 Å². The molecule has 0 spiro atoms. The molecule has 2 N–H and O–H groups in total. The third kappa shape index (κ3) is 4.25. The number of carbonyl (C=O) groups excluding carboxylic acids is 1. The molecule has 4 nitrogen and oxygen atoms in total. The number of ether oxygens (including phenoxy) is 1. The molecule has 1 aliphatic carbocycles. The Labute approximate surface area is 110 Å². The second-order valence-electron chi connectivity index (χ2n) is 5.59. The molecule has 2 atom stereocenters. The number of hydrogen-bond acceptors (Lipinski definition) is 3. The lowest BCUT2D eigenvalue weighted by Gasteiger charge is -2.22. The van der Waals surface area contributed by atoms with E-state index < -0.39 is 0 Å². The standard InChI is InChI=1S/C14H26N2O2/c1-11(14(17)16-12-8-9-15-10-12)18-13-6-4-2-3-5-7-13/h11-13,15H,2-10H2,1H3,(H,16,17). The predicted molar refractivity (Wildman–Crippen MR) is 71.5 cm³/mol. The molecule has 1 heterocycles. The number of nitrogens with one attached hydrogen (secondary N) is 2. The fourth-order valence-electron chi connectivity index (χ4n) is 2.82. The molecule has 1 aliphatic heterocycles. The highest BCUT2D eigenvalue weighted by molar-refractivity contribution is 5.80. The summed E-state index contributed by atoms with van der Waals surface area (Å²) in [5.74, 6) is 0.0490. The maximum absolute atomic E-state index is 12.0. The molecular weight excluding hydrogens is 228 g/mol. The third-order valence-corrected chi connectivity index (χ3v) is 3.97. The molecule has 1 saturated carbocycles. The molecular formula is C14H26N2O2. The summed E-state index contributed by atoms with van der Waals surface area (Å²) in [5, 5.41) is 6.31. The van der Waals surface area contributed by atoms with E-state index in [-0.39, 0.29) is 24.2 Å².